The van der Waals surface area contributed by atoms with Crippen molar-refractivity contribution in [3.05, 3.63) is 23.5 Å². The zero-order valence-electron chi connectivity index (χ0n) is 7.79. The summed E-state index contributed by atoms with van der Waals surface area (Å²) in [5, 5.41) is 2.25. The Kier molecular flexibility index (Phi) is 3.84. The number of aromatic nitrogens is 1. The molecule has 3 nitrogen and oxygen atoms in total. The molecule has 0 atom stereocenters. The second kappa shape index (κ2) is 4.92. The summed E-state index contributed by atoms with van der Waals surface area (Å²) in [7, 11) is 0. The van der Waals surface area contributed by atoms with E-state index < -0.39 is 29.2 Å². The van der Waals surface area contributed by atoms with Crippen LogP contribution in [0.1, 0.15) is 6.42 Å². The number of halogens is 4. The van der Waals surface area contributed by atoms with Gasteiger partial charge in [0.1, 0.15) is 5.69 Å². The molecule has 0 fully saturated rings. The molecule has 7 heteroatoms. The fourth-order valence-electron chi connectivity index (χ4n) is 0.981. The molecule has 0 bridgehead atoms. The van der Waals surface area contributed by atoms with E-state index in [2.05, 4.69) is 16.0 Å². The first-order valence-electron chi connectivity index (χ1n) is 4.31. The van der Waals surface area contributed by atoms with Crippen LogP contribution in [0.3, 0.4) is 0 Å². The average Bonchev–Trinajstić information content (AvgIpc) is 2.20. The van der Waals surface area contributed by atoms with Crippen LogP contribution in [-0.4, -0.2) is 18.1 Å². The molecule has 0 aliphatic rings. The molecule has 0 saturated carbocycles. The number of nitrogens with zero attached hydrogens (tertiary/aromatic N) is 1. The van der Waals surface area contributed by atoms with Gasteiger partial charge >= 0.3 is 0 Å². The fraction of sp³-hybridized carbons (Fsp3) is 0.375. The van der Waals surface area contributed by atoms with Gasteiger partial charge in [-0.25, -0.2) is 0 Å². The molecule has 0 aromatic carbocycles. The lowest BCUT2D eigenvalue weighted by molar-refractivity contribution is -0.367. The Bertz CT molecular complexity index is 330. The van der Waals surface area contributed by atoms with E-state index >= 15 is 0 Å². The monoisotopic (exact) mass is 224 g/mol. The van der Waals surface area contributed by atoms with Crippen LogP contribution in [0.25, 0.3) is 0 Å². The Morgan fingerprint density at radius 2 is 1.60 bits per heavy atom. The zero-order chi connectivity index (χ0) is 11.4. The number of anilines is 1. The number of nitrogens with one attached hydrogen (secondary N) is 1. The smallest absolute Gasteiger partial charge is 0.253 e. The SMILES string of the molecule is [NH3+]CCCNc1c(F)c(F)nc(F)c1F. The number of quaternary nitrogens is 1. The molecule has 0 amide bonds. The van der Waals surface area contributed by atoms with Crippen molar-refractivity contribution < 1.29 is 23.3 Å². The fourth-order valence-corrected chi connectivity index (χ4v) is 0.981. The summed E-state index contributed by atoms with van der Waals surface area (Å²) >= 11 is 0. The molecule has 0 radical (unpaired) electrons. The normalized spacial score (nSPS) is 10.5. The largest absolute Gasteiger partial charge is 0.380 e. The molecule has 15 heavy (non-hydrogen) atoms. The molecule has 0 saturated heterocycles. The van der Waals surface area contributed by atoms with Crippen molar-refractivity contribution in [2.45, 2.75) is 6.42 Å². The molecule has 0 aliphatic heterocycles. The van der Waals surface area contributed by atoms with E-state index in [1.54, 1.807) is 0 Å². The molecular weight excluding hydrogens is 214 g/mol. The predicted molar refractivity (Wildman–Crippen MR) is 44.9 cm³/mol. The van der Waals surface area contributed by atoms with E-state index in [0.29, 0.717) is 13.0 Å². The Morgan fingerprint density at radius 3 is 2.07 bits per heavy atom. The first-order valence-corrected chi connectivity index (χ1v) is 4.31. The van der Waals surface area contributed by atoms with Crippen molar-refractivity contribution in [1.82, 2.24) is 4.98 Å². The summed E-state index contributed by atoms with van der Waals surface area (Å²) in [6.07, 6.45) is 0.532. The van der Waals surface area contributed by atoms with Gasteiger partial charge in [-0.2, -0.15) is 22.5 Å². The van der Waals surface area contributed by atoms with Crippen molar-refractivity contribution in [1.29, 1.82) is 0 Å². The van der Waals surface area contributed by atoms with Crippen LogP contribution in [0.15, 0.2) is 0 Å². The van der Waals surface area contributed by atoms with Gasteiger partial charge in [-0.05, 0) is 0 Å². The lowest BCUT2D eigenvalue weighted by Gasteiger charge is -2.07. The highest BCUT2D eigenvalue weighted by atomic mass is 19.2. The van der Waals surface area contributed by atoms with E-state index in [9.17, 15) is 17.6 Å². The van der Waals surface area contributed by atoms with Crippen molar-refractivity contribution in [2.75, 3.05) is 18.4 Å². The minimum atomic E-state index is -1.66. The minimum absolute atomic E-state index is 0.181. The van der Waals surface area contributed by atoms with Crippen LogP contribution in [-0.2, 0) is 0 Å². The van der Waals surface area contributed by atoms with Gasteiger partial charge in [0, 0.05) is 13.0 Å². The quantitative estimate of drug-likeness (QED) is 0.449. The van der Waals surface area contributed by atoms with Crippen molar-refractivity contribution in [2.24, 2.45) is 0 Å². The van der Waals surface area contributed by atoms with Crippen LogP contribution in [0, 0.1) is 23.5 Å². The van der Waals surface area contributed by atoms with E-state index in [0.717, 1.165) is 0 Å². The van der Waals surface area contributed by atoms with Gasteiger partial charge in [0.15, 0.2) is 0 Å². The van der Waals surface area contributed by atoms with Crippen LogP contribution in [0.5, 0.6) is 0 Å². The number of hydrogen-bond acceptors (Lipinski definition) is 2. The zero-order valence-corrected chi connectivity index (χ0v) is 7.79. The lowest BCUT2D eigenvalue weighted by atomic mass is 10.3. The van der Waals surface area contributed by atoms with Crippen LogP contribution < -0.4 is 11.1 Å². The van der Waals surface area contributed by atoms with Gasteiger partial charge in [0.05, 0.1) is 6.54 Å². The van der Waals surface area contributed by atoms with Crippen molar-refractivity contribution in [3.8, 4) is 0 Å². The van der Waals surface area contributed by atoms with Crippen LogP contribution in [0.4, 0.5) is 23.2 Å². The van der Waals surface area contributed by atoms with E-state index in [1.165, 1.54) is 0 Å². The number of rotatable bonds is 4. The summed E-state index contributed by atoms with van der Waals surface area (Å²) in [5.74, 6) is -6.35. The molecule has 0 aliphatic carbocycles. The van der Waals surface area contributed by atoms with E-state index in [4.69, 9.17) is 0 Å². The molecule has 1 rings (SSSR count). The third kappa shape index (κ3) is 2.56. The van der Waals surface area contributed by atoms with Crippen molar-refractivity contribution >= 4 is 5.69 Å². The number of hydrogen-bond donors (Lipinski definition) is 2. The minimum Gasteiger partial charge on any atom is -0.380 e. The first kappa shape index (κ1) is 11.7. The maximum atomic E-state index is 12.9. The summed E-state index contributed by atoms with van der Waals surface area (Å²) in [6, 6.07) is 0. The Balaban J connectivity index is 2.94. The summed E-state index contributed by atoms with van der Waals surface area (Å²) in [4.78, 5) is 2.43. The molecular formula is C8H10F4N3+. The van der Waals surface area contributed by atoms with Gasteiger partial charge in [-0.3, -0.25) is 0 Å². The molecule has 0 unspecified atom stereocenters. The Labute approximate surface area is 83.3 Å². The van der Waals surface area contributed by atoms with Gasteiger partial charge < -0.3 is 11.1 Å². The summed E-state index contributed by atoms with van der Waals surface area (Å²) < 4.78 is 51.1. The standard InChI is InChI=1S/C8H9F4N3/c9-4-6(14-3-1-2-13)5(10)8(12)15-7(4)11/h1-3,13H2,(H,14,15)/p+1. The first-order chi connectivity index (χ1) is 7.07. The highest BCUT2D eigenvalue weighted by molar-refractivity contribution is 5.45. The second-order valence-electron chi connectivity index (χ2n) is 2.83. The molecule has 1 aromatic heterocycles. The van der Waals surface area contributed by atoms with E-state index in [-0.39, 0.29) is 6.54 Å². The average molecular weight is 224 g/mol. The van der Waals surface area contributed by atoms with Gasteiger partial charge in [0.25, 0.3) is 11.9 Å². The van der Waals surface area contributed by atoms with E-state index in [1.807, 2.05) is 0 Å². The maximum Gasteiger partial charge on any atom is 0.253 e. The van der Waals surface area contributed by atoms with Gasteiger partial charge in [0.2, 0.25) is 11.6 Å². The van der Waals surface area contributed by atoms with Gasteiger partial charge in [-0.15, -0.1) is 0 Å². The molecule has 84 valence electrons. The third-order valence-electron chi connectivity index (χ3n) is 1.73. The Hall–Kier alpha value is -1.37. The maximum absolute atomic E-state index is 12.9. The lowest BCUT2D eigenvalue weighted by Crippen LogP contribution is -2.50. The molecule has 1 aromatic rings. The van der Waals surface area contributed by atoms with Crippen LogP contribution in [0.2, 0.25) is 0 Å². The topological polar surface area (TPSA) is 52.6 Å². The molecule has 1 heterocycles. The molecule has 0 spiro atoms. The second-order valence-corrected chi connectivity index (χ2v) is 2.83. The predicted octanol–water partition coefficient (Wildman–Crippen LogP) is 0.682. The highest BCUT2D eigenvalue weighted by Gasteiger charge is 2.19. The van der Waals surface area contributed by atoms with Crippen LogP contribution >= 0.6 is 0 Å². The Morgan fingerprint density at radius 1 is 1.07 bits per heavy atom. The molecule has 4 N–H and O–H groups in total. The number of pyridine rings is 1. The van der Waals surface area contributed by atoms with Gasteiger partial charge in [-0.1, -0.05) is 0 Å². The summed E-state index contributed by atoms with van der Waals surface area (Å²) in [6.45, 7) is 0.729. The summed E-state index contributed by atoms with van der Waals surface area (Å²) in [5.41, 5.74) is 2.68. The highest BCUT2D eigenvalue weighted by Crippen LogP contribution is 2.21. The van der Waals surface area contributed by atoms with Crippen molar-refractivity contribution in [3.63, 3.8) is 0 Å². The third-order valence-corrected chi connectivity index (χ3v) is 1.73.